The molecule has 0 radical (unpaired) electrons. The van der Waals surface area contributed by atoms with Crippen molar-refractivity contribution in [2.24, 2.45) is 0 Å². The lowest BCUT2D eigenvalue weighted by Gasteiger charge is -2.26. The van der Waals surface area contributed by atoms with Gasteiger partial charge in [0.2, 0.25) is 0 Å². The van der Waals surface area contributed by atoms with E-state index in [1.807, 2.05) is 23.0 Å². The third-order valence-corrected chi connectivity index (χ3v) is 5.87. The largest absolute Gasteiger partial charge is 0.306 e. The molecular weight excluding hydrogens is 368 g/mol. The van der Waals surface area contributed by atoms with Gasteiger partial charge in [-0.25, -0.2) is 0 Å². The quantitative estimate of drug-likeness (QED) is 0.491. The van der Waals surface area contributed by atoms with Crippen LogP contribution in [0.25, 0.3) is 11.3 Å². The Kier molecular flexibility index (Phi) is 5.40. The molecule has 1 aliphatic rings. The minimum absolute atomic E-state index is 0.397. The Hall–Kier alpha value is -3.24. The first-order valence-corrected chi connectivity index (χ1v) is 10.7. The highest BCUT2D eigenvalue weighted by Crippen LogP contribution is 2.30. The maximum atomic E-state index is 4.92. The maximum Gasteiger partial charge on any atom is 0.0983 e. The van der Waals surface area contributed by atoms with Crippen molar-refractivity contribution >= 4 is 0 Å². The van der Waals surface area contributed by atoms with E-state index in [0.717, 1.165) is 24.3 Å². The van der Waals surface area contributed by atoms with Gasteiger partial charge in [-0.2, -0.15) is 5.10 Å². The van der Waals surface area contributed by atoms with Crippen LogP contribution in [0.2, 0.25) is 0 Å². The summed E-state index contributed by atoms with van der Waals surface area (Å²) in [6.45, 7) is 1.55. The molecule has 2 aromatic carbocycles. The second-order valence-electron chi connectivity index (χ2n) is 7.95. The van der Waals surface area contributed by atoms with E-state index < -0.39 is 0 Å². The number of aromatic nitrogens is 3. The smallest absolute Gasteiger partial charge is 0.0983 e. The molecule has 30 heavy (non-hydrogen) atoms. The van der Waals surface area contributed by atoms with E-state index in [-0.39, 0.29) is 0 Å². The number of benzene rings is 2. The maximum absolute atomic E-state index is 4.92. The van der Waals surface area contributed by atoms with Crippen LogP contribution in [0.15, 0.2) is 85.3 Å². The van der Waals surface area contributed by atoms with E-state index >= 15 is 0 Å². The van der Waals surface area contributed by atoms with Crippen molar-refractivity contribution in [3.63, 3.8) is 0 Å². The number of rotatable bonds is 6. The third-order valence-electron chi connectivity index (χ3n) is 5.87. The molecule has 0 aliphatic heterocycles. The molecule has 0 spiro atoms. The van der Waals surface area contributed by atoms with E-state index in [1.165, 1.54) is 41.5 Å². The van der Waals surface area contributed by atoms with Gasteiger partial charge in [0.05, 0.1) is 12.2 Å². The zero-order chi connectivity index (χ0) is 20.2. The first-order valence-electron chi connectivity index (χ1n) is 10.7. The molecule has 0 amide bonds. The van der Waals surface area contributed by atoms with Crippen LogP contribution in [0.5, 0.6) is 0 Å². The summed E-state index contributed by atoms with van der Waals surface area (Å²) in [5.41, 5.74) is 7.46. The molecule has 0 bridgehead atoms. The van der Waals surface area contributed by atoms with Gasteiger partial charge >= 0.3 is 0 Å². The summed E-state index contributed by atoms with van der Waals surface area (Å²) < 4.78 is 2.05. The van der Waals surface area contributed by atoms with Crippen molar-refractivity contribution in [3.8, 4) is 11.3 Å². The molecule has 4 aromatic rings. The molecule has 2 heterocycles. The Labute approximate surface area is 177 Å². The van der Waals surface area contributed by atoms with Crippen LogP contribution in [0, 0.1) is 0 Å². The van der Waals surface area contributed by atoms with Crippen molar-refractivity contribution in [1.29, 1.82) is 0 Å². The van der Waals surface area contributed by atoms with Crippen molar-refractivity contribution in [1.82, 2.24) is 20.1 Å². The molecular formula is C26H26N4. The summed E-state index contributed by atoms with van der Waals surface area (Å²) >= 11 is 0. The van der Waals surface area contributed by atoms with Gasteiger partial charge in [0.1, 0.15) is 0 Å². The molecule has 2 aromatic heterocycles. The highest BCUT2D eigenvalue weighted by Gasteiger charge is 2.20. The van der Waals surface area contributed by atoms with E-state index in [2.05, 4.69) is 71.1 Å². The Morgan fingerprint density at radius 1 is 0.967 bits per heavy atom. The summed E-state index contributed by atoms with van der Waals surface area (Å²) in [4.78, 5) is 4.31. The van der Waals surface area contributed by atoms with Gasteiger partial charge in [0.15, 0.2) is 0 Å². The van der Waals surface area contributed by atoms with Gasteiger partial charge in [-0.15, -0.1) is 0 Å². The average molecular weight is 395 g/mol. The SMILES string of the molecule is c1ccc(Cn2cc(CN[C@H]3CCCc4ccccc43)c(-c3cccnc3)n2)cc1. The lowest BCUT2D eigenvalue weighted by molar-refractivity contribution is 0.459. The lowest BCUT2D eigenvalue weighted by atomic mass is 9.87. The number of fused-ring (bicyclic) bond motifs is 1. The van der Waals surface area contributed by atoms with Crippen molar-refractivity contribution in [2.75, 3.05) is 0 Å². The average Bonchev–Trinajstić information content (AvgIpc) is 3.21. The van der Waals surface area contributed by atoms with Crippen LogP contribution in [0.1, 0.15) is 41.1 Å². The van der Waals surface area contributed by atoms with Crippen LogP contribution < -0.4 is 5.32 Å². The van der Waals surface area contributed by atoms with Gasteiger partial charge in [0.25, 0.3) is 0 Å². The fourth-order valence-electron chi connectivity index (χ4n) is 4.39. The molecule has 4 nitrogen and oxygen atoms in total. The molecule has 1 N–H and O–H groups in total. The van der Waals surface area contributed by atoms with Crippen molar-refractivity contribution in [3.05, 3.63) is 108 Å². The third kappa shape index (κ3) is 4.05. The Morgan fingerprint density at radius 3 is 2.70 bits per heavy atom. The van der Waals surface area contributed by atoms with Crippen LogP contribution in [-0.4, -0.2) is 14.8 Å². The second-order valence-corrected chi connectivity index (χ2v) is 7.95. The monoisotopic (exact) mass is 394 g/mol. The van der Waals surface area contributed by atoms with Crippen LogP contribution >= 0.6 is 0 Å². The van der Waals surface area contributed by atoms with E-state index in [4.69, 9.17) is 5.10 Å². The number of hydrogen-bond donors (Lipinski definition) is 1. The summed E-state index contributed by atoms with van der Waals surface area (Å²) in [7, 11) is 0. The molecule has 1 atom stereocenters. The van der Waals surface area contributed by atoms with E-state index in [9.17, 15) is 0 Å². The number of nitrogens with one attached hydrogen (secondary N) is 1. The lowest BCUT2D eigenvalue weighted by Crippen LogP contribution is -2.24. The number of aryl methyl sites for hydroxylation is 1. The minimum atomic E-state index is 0.397. The number of hydrogen-bond acceptors (Lipinski definition) is 3. The molecule has 4 heteroatoms. The Balaban J connectivity index is 1.41. The Bertz CT molecular complexity index is 1100. The highest BCUT2D eigenvalue weighted by atomic mass is 15.3. The van der Waals surface area contributed by atoms with Crippen LogP contribution in [0.4, 0.5) is 0 Å². The molecule has 5 rings (SSSR count). The van der Waals surface area contributed by atoms with Crippen LogP contribution in [-0.2, 0) is 19.5 Å². The molecule has 0 fully saturated rings. The first kappa shape index (κ1) is 18.8. The summed E-state index contributed by atoms with van der Waals surface area (Å²) in [5, 5.41) is 8.73. The topological polar surface area (TPSA) is 42.7 Å². The van der Waals surface area contributed by atoms with Gasteiger partial charge in [-0.05, 0) is 48.1 Å². The predicted molar refractivity (Wildman–Crippen MR) is 120 cm³/mol. The molecule has 1 aliphatic carbocycles. The van der Waals surface area contributed by atoms with Crippen LogP contribution in [0.3, 0.4) is 0 Å². The Morgan fingerprint density at radius 2 is 1.83 bits per heavy atom. The summed E-state index contributed by atoms with van der Waals surface area (Å²) in [5.74, 6) is 0. The second kappa shape index (κ2) is 8.64. The fraction of sp³-hybridized carbons (Fsp3) is 0.231. The first-order chi connectivity index (χ1) is 14.9. The standard InChI is InChI=1S/C26H26N4/c1-2-8-20(9-3-1)18-30-19-23(26(29-30)22-12-7-15-27-16-22)17-28-25-14-6-11-21-10-4-5-13-24(21)25/h1-5,7-10,12-13,15-16,19,25,28H,6,11,14,17-18H2/t25-/m0/s1. The van der Waals surface area contributed by atoms with Gasteiger partial charge in [-0.1, -0.05) is 54.6 Å². The summed E-state index contributed by atoms with van der Waals surface area (Å²) in [6.07, 6.45) is 9.48. The zero-order valence-electron chi connectivity index (χ0n) is 17.0. The number of nitrogens with zero attached hydrogens (tertiary/aromatic N) is 3. The van der Waals surface area contributed by atoms with Crippen molar-refractivity contribution < 1.29 is 0 Å². The van der Waals surface area contributed by atoms with Gasteiger partial charge < -0.3 is 5.32 Å². The van der Waals surface area contributed by atoms with Crippen molar-refractivity contribution in [2.45, 2.75) is 38.4 Å². The highest BCUT2D eigenvalue weighted by molar-refractivity contribution is 5.61. The molecule has 0 unspecified atom stereocenters. The number of pyridine rings is 1. The molecule has 150 valence electrons. The summed E-state index contributed by atoms with van der Waals surface area (Å²) in [6, 6.07) is 23.8. The minimum Gasteiger partial charge on any atom is -0.306 e. The zero-order valence-corrected chi connectivity index (χ0v) is 17.0. The van der Waals surface area contributed by atoms with E-state index in [1.54, 1.807) is 6.20 Å². The fourth-order valence-corrected chi connectivity index (χ4v) is 4.39. The van der Waals surface area contributed by atoms with Gasteiger partial charge in [0, 0.05) is 42.3 Å². The molecule has 0 saturated heterocycles. The molecule has 0 saturated carbocycles. The normalized spacial score (nSPS) is 15.7. The van der Waals surface area contributed by atoms with Gasteiger partial charge in [-0.3, -0.25) is 9.67 Å². The predicted octanol–water partition coefficient (Wildman–Crippen LogP) is 5.16. The van der Waals surface area contributed by atoms with E-state index in [0.29, 0.717) is 6.04 Å².